The van der Waals surface area contributed by atoms with Crippen molar-refractivity contribution in [2.24, 2.45) is 5.73 Å². The first-order valence-corrected chi connectivity index (χ1v) is 6.43. The van der Waals surface area contributed by atoms with Crippen molar-refractivity contribution in [2.45, 2.75) is 19.9 Å². The van der Waals surface area contributed by atoms with Crippen LogP contribution in [0.3, 0.4) is 0 Å². The number of thiazole rings is 1. The Morgan fingerprint density at radius 3 is 2.53 bits per heavy atom. The predicted molar refractivity (Wildman–Crippen MR) is 71.4 cm³/mol. The Balaban J connectivity index is 2.40. The van der Waals surface area contributed by atoms with Crippen LogP contribution >= 0.6 is 11.3 Å². The van der Waals surface area contributed by atoms with Gasteiger partial charge in [0, 0.05) is 17.0 Å². The molecule has 17 heavy (non-hydrogen) atoms. The summed E-state index contributed by atoms with van der Waals surface area (Å²) in [5, 5.41) is 0.993. The second-order valence-corrected chi connectivity index (χ2v) is 4.83. The third-order valence-corrected chi connectivity index (χ3v) is 3.82. The van der Waals surface area contributed by atoms with Crippen LogP contribution in [0, 0.1) is 0 Å². The van der Waals surface area contributed by atoms with Crippen LogP contribution in [0.2, 0.25) is 0 Å². The predicted octanol–water partition coefficient (Wildman–Crippen LogP) is 2.84. The Morgan fingerprint density at radius 1 is 1.29 bits per heavy atom. The average Bonchev–Trinajstić information content (AvgIpc) is 2.82. The highest BCUT2D eigenvalue weighted by Gasteiger charge is 2.10. The Kier molecular flexibility index (Phi) is 3.76. The van der Waals surface area contributed by atoms with Crippen LogP contribution in [0.15, 0.2) is 24.3 Å². The van der Waals surface area contributed by atoms with E-state index in [2.05, 4.69) is 11.9 Å². The number of ether oxygens (including phenoxy) is 1. The topological polar surface area (TPSA) is 48.1 Å². The van der Waals surface area contributed by atoms with E-state index in [9.17, 15) is 0 Å². The molecule has 0 aliphatic heterocycles. The molecule has 0 radical (unpaired) electrons. The van der Waals surface area contributed by atoms with E-state index in [4.69, 9.17) is 10.5 Å². The first-order chi connectivity index (χ1) is 8.28. The molecule has 1 aromatic carbocycles. The molecule has 0 saturated carbocycles. The fraction of sp³-hybridized carbons (Fsp3) is 0.308. The maximum atomic E-state index is 5.64. The molecule has 90 valence electrons. The van der Waals surface area contributed by atoms with Gasteiger partial charge in [-0.15, -0.1) is 11.3 Å². The number of hydrogen-bond donors (Lipinski definition) is 1. The van der Waals surface area contributed by atoms with Crippen molar-refractivity contribution >= 4 is 11.3 Å². The van der Waals surface area contributed by atoms with E-state index in [-0.39, 0.29) is 0 Å². The zero-order valence-corrected chi connectivity index (χ0v) is 10.9. The molecule has 0 unspecified atom stereocenters. The highest BCUT2D eigenvalue weighted by atomic mass is 32.1. The molecule has 0 aliphatic carbocycles. The highest BCUT2D eigenvalue weighted by molar-refractivity contribution is 7.12. The quantitative estimate of drug-likeness (QED) is 0.905. The van der Waals surface area contributed by atoms with E-state index in [1.165, 1.54) is 4.88 Å². The molecule has 0 atom stereocenters. The summed E-state index contributed by atoms with van der Waals surface area (Å²) in [6, 6.07) is 7.98. The lowest BCUT2D eigenvalue weighted by Crippen LogP contribution is -1.94. The summed E-state index contributed by atoms with van der Waals surface area (Å²) in [6.45, 7) is 2.65. The molecule has 3 nitrogen and oxygen atoms in total. The lowest BCUT2D eigenvalue weighted by Gasteiger charge is -2.02. The number of benzene rings is 1. The van der Waals surface area contributed by atoms with Crippen LogP contribution in [0.25, 0.3) is 11.3 Å². The molecule has 0 fully saturated rings. The first-order valence-electron chi connectivity index (χ1n) is 5.61. The van der Waals surface area contributed by atoms with Crippen LogP contribution in [0.5, 0.6) is 5.75 Å². The molecule has 1 heterocycles. The van der Waals surface area contributed by atoms with E-state index in [0.29, 0.717) is 6.54 Å². The van der Waals surface area contributed by atoms with Crippen molar-refractivity contribution in [3.8, 4) is 17.0 Å². The fourth-order valence-corrected chi connectivity index (χ4v) is 2.61. The van der Waals surface area contributed by atoms with Gasteiger partial charge in [0.15, 0.2) is 0 Å². The molecule has 0 saturated heterocycles. The molecule has 0 bridgehead atoms. The van der Waals surface area contributed by atoms with Crippen molar-refractivity contribution in [2.75, 3.05) is 7.11 Å². The standard InChI is InChI=1S/C13H16N2OS/c1-3-11-13(15-12(8-14)17-11)9-4-6-10(16-2)7-5-9/h4-7H,3,8,14H2,1-2H3. The maximum absolute atomic E-state index is 5.64. The lowest BCUT2D eigenvalue weighted by atomic mass is 10.1. The molecule has 0 spiro atoms. The lowest BCUT2D eigenvalue weighted by molar-refractivity contribution is 0.415. The van der Waals surface area contributed by atoms with Crippen molar-refractivity contribution in [1.29, 1.82) is 0 Å². The minimum absolute atomic E-state index is 0.508. The Morgan fingerprint density at radius 2 is 2.00 bits per heavy atom. The maximum Gasteiger partial charge on any atom is 0.118 e. The Labute approximate surface area is 105 Å². The van der Waals surface area contributed by atoms with Crippen molar-refractivity contribution in [3.05, 3.63) is 34.2 Å². The van der Waals surface area contributed by atoms with Gasteiger partial charge < -0.3 is 10.5 Å². The molecular formula is C13H16N2OS. The van der Waals surface area contributed by atoms with Crippen molar-refractivity contribution in [1.82, 2.24) is 4.98 Å². The zero-order valence-electron chi connectivity index (χ0n) is 10.1. The summed E-state index contributed by atoms with van der Waals surface area (Å²) in [7, 11) is 1.67. The zero-order chi connectivity index (χ0) is 12.3. The molecular weight excluding hydrogens is 232 g/mol. The largest absolute Gasteiger partial charge is 0.497 e. The SMILES string of the molecule is CCc1sc(CN)nc1-c1ccc(OC)cc1. The molecule has 4 heteroatoms. The van der Waals surface area contributed by atoms with E-state index in [1.807, 2.05) is 24.3 Å². The number of nitrogens with zero attached hydrogens (tertiary/aromatic N) is 1. The summed E-state index contributed by atoms with van der Waals surface area (Å²) in [5.74, 6) is 0.862. The molecule has 0 amide bonds. The van der Waals surface area contributed by atoms with Gasteiger partial charge in [-0.2, -0.15) is 0 Å². The van der Waals surface area contributed by atoms with Crippen LogP contribution < -0.4 is 10.5 Å². The van der Waals surface area contributed by atoms with Crippen LogP contribution in [0.1, 0.15) is 16.8 Å². The summed E-state index contributed by atoms with van der Waals surface area (Å²) < 4.78 is 5.15. The highest BCUT2D eigenvalue weighted by Crippen LogP contribution is 2.29. The van der Waals surface area contributed by atoms with E-state index >= 15 is 0 Å². The molecule has 2 rings (SSSR count). The number of aromatic nitrogens is 1. The Hall–Kier alpha value is -1.39. The van der Waals surface area contributed by atoms with Gasteiger partial charge in [0.25, 0.3) is 0 Å². The normalized spacial score (nSPS) is 10.5. The summed E-state index contributed by atoms with van der Waals surface area (Å²) in [4.78, 5) is 5.87. The summed E-state index contributed by atoms with van der Waals surface area (Å²) >= 11 is 1.70. The number of methoxy groups -OCH3 is 1. The van der Waals surface area contributed by atoms with Gasteiger partial charge in [0.1, 0.15) is 10.8 Å². The number of aryl methyl sites for hydroxylation is 1. The van der Waals surface area contributed by atoms with Gasteiger partial charge in [-0.25, -0.2) is 4.98 Å². The first kappa shape index (κ1) is 12.1. The van der Waals surface area contributed by atoms with Gasteiger partial charge in [-0.05, 0) is 30.7 Å². The Bertz CT molecular complexity index is 491. The third-order valence-electron chi connectivity index (χ3n) is 2.60. The molecule has 2 aromatic rings. The second kappa shape index (κ2) is 5.29. The number of hydrogen-bond acceptors (Lipinski definition) is 4. The summed E-state index contributed by atoms with van der Waals surface area (Å²) in [5.41, 5.74) is 7.82. The monoisotopic (exact) mass is 248 g/mol. The van der Waals surface area contributed by atoms with Gasteiger partial charge >= 0.3 is 0 Å². The van der Waals surface area contributed by atoms with E-state index in [0.717, 1.165) is 28.4 Å². The van der Waals surface area contributed by atoms with Crippen LogP contribution in [-0.4, -0.2) is 12.1 Å². The third kappa shape index (κ3) is 2.48. The summed E-state index contributed by atoms with van der Waals surface area (Å²) in [6.07, 6.45) is 0.985. The van der Waals surface area contributed by atoms with Crippen LogP contribution in [0.4, 0.5) is 0 Å². The van der Waals surface area contributed by atoms with Crippen molar-refractivity contribution in [3.63, 3.8) is 0 Å². The molecule has 2 N–H and O–H groups in total. The van der Waals surface area contributed by atoms with Crippen molar-refractivity contribution < 1.29 is 4.74 Å². The number of nitrogens with two attached hydrogens (primary N) is 1. The average molecular weight is 248 g/mol. The second-order valence-electron chi connectivity index (χ2n) is 3.67. The van der Waals surface area contributed by atoms with E-state index < -0.39 is 0 Å². The minimum Gasteiger partial charge on any atom is -0.497 e. The minimum atomic E-state index is 0.508. The smallest absolute Gasteiger partial charge is 0.118 e. The fourth-order valence-electron chi connectivity index (χ4n) is 1.70. The van der Waals surface area contributed by atoms with Crippen LogP contribution in [-0.2, 0) is 13.0 Å². The molecule has 1 aromatic heterocycles. The van der Waals surface area contributed by atoms with Gasteiger partial charge in [0.2, 0.25) is 0 Å². The van der Waals surface area contributed by atoms with Gasteiger partial charge in [0.05, 0.1) is 12.8 Å². The van der Waals surface area contributed by atoms with Gasteiger partial charge in [-0.1, -0.05) is 6.92 Å². The number of rotatable bonds is 4. The molecule has 0 aliphatic rings. The van der Waals surface area contributed by atoms with Gasteiger partial charge in [-0.3, -0.25) is 0 Å². The van der Waals surface area contributed by atoms with E-state index in [1.54, 1.807) is 18.4 Å².